The highest BCUT2D eigenvalue weighted by molar-refractivity contribution is 9.10. The Morgan fingerprint density at radius 2 is 2.30 bits per heavy atom. The number of ether oxygens (including phenoxy) is 1. The number of methoxy groups -OCH3 is 1. The molecule has 0 spiro atoms. The molecule has 1 atom stereocenters. The third-order valence-electron chi connectivity index (χ3n) is 3.60. The van der Waals surface area contributed by atoms with Gasteiger partial charge in [-0.1, -0.05) is 22.4 Å². The van der Waals surface area contributed by atoms with Crippen LogP contribution in [0, 0.1) is 0 Å². The second-order valence-corrected chi connectivity index (χ2v) is 5.99. The van der Waals surface area contributed by atoms with Gasteiger partial charge in [-0.15, -0.1) is 0 Å². The van der Waals surface area contributed by atoms with Crippen molar-refractivity contribution in [3.05, 3.63) is 22.2 Å². The van der Waals surface area contributed by atoms with Crippen LogP contribution in [0.1, 0.15) is 31.7 Å². The lowest BCUT2D eigenvalue weighted by atomic mass is 9.96. The van der Waals surface area contributed by atoms with Crippen LogP contribution in [0.3, 0.4) is 0 Å². The summed E-state index contributed by atoms with van der Waals surface area (Å²) in [6.07, 6.45) is 4.56. The van der Waals surface area contributed by atoms with Crippen molar-refractivity contribution in [3.8, 4) is 5.75 Å². The molecule has 0 radical (unpaired) electrons. The molecule has 1 aliphatic heterocycles. The molecule has 1 aromatic carbocycles. The fourth-order valence-electron chi connectivity index (χ4n) is 2.63. The third-order valence-corrected chi connectivity index (χ3v) is 4.34. The van der Waals surface area contributed by atoms with Crippen LogP contribution in [-0.2, 0) is 11.2 Å². The van der Waals surface area contributed by atoms with E-state index < -0.39 is 0 Å². The van der Waals surface area contributed by atoms with E-state index in [1.54, 1.807) is 7.11 Å². The minimum absolute atomic E-state index is 0.0840. The van der Waals surface area contributed by atoms with E-state index in [0.717, 1.165) is 28.7 Å². The molecule has 1 amide bonds. The number of carbonyl (C=O) groups is 1. The molecule has 0 aromatic heterocycles. The van der Waals surface area contributed by atoms with Gasteiger partial charge in [-0.25, -0.2) is 0 Å². The van der Waals surface area contributed by atoms with Gasteiger partial charge in [0.1, 0.15) is 5.75 Å². The van der Waals surface area contributed by atoms with E-state index in [0.29, 0.717) is 11.8 Å². The van der Waals surface area contributed by atoms with Crippen molar-refractivity contribution in [2.45, 2.75) is 38.6 Å². The van der Waals surface area contributed by atoms with Gasteiger partial charge in [0.05, 0.1) is 12.8 Å². The number of rotatable bonds is 4. The Morgan fingerprint density at radius 1 is 1.50 bits per heavy atom. The summed E-state index contributed by atoms with van der Waals surface area (Å²) in [6, 6.07) is 4.30. The molecule has 0 aliphatic carbocycles. The Bertz CT molecular complexity index is 485. The summed E-state index contributed by atoms with van der Waals surface area (Å²) in [5, 5.41) is 6.44. The van der Waals surface area contributed by atoms with E-state index >= 15 is 0 Å². The molecule has 1 saturated heterocycles. The largest absolute Gasteiger partial charge is 0.495 e. The molecule has 4 nitrogen and oxygen atoms in total. The van der Waals surface area contributed by atoms with Gasteiger partial charge in [0, 0.05) is 17.4 Å². The Labute approximate surface area is 128 Å². The van der Waals surface area contributed by atoms with Crippen molar-refractivity contribution >= 4 is 27.5 Å². The van der Waals surface area contributed by atoms with E-state index in [2.05, 4.69) is 26.6 Å². The van der Waals surface area contributed by atoms with Gasteiger partial charge in [0.15, 0.2) is 0 Å². The summed E-state index contributed by atoms with van der Waals surface area (Å²) in [7, 11) is 1.62. The van der Waals surface area contributed by atoms with Gasteiger partial charge in [-0.05, 0) is 43.5 Å². The van der Waals surface area contributed by atoms with Crippen LogP contribution < -0.4 is 15.4 Å². The molecular weight excluding hydrogens is 320 g/mol. The van der Waals surface area contributed by atoms with Crippen LogP contribution in [0.2, 0.25) is 0 Å². The Balaban J connectivity index is 2.30. The first kappa shape index (κ1) is 15.3. The zero-order valence-corrected chi connectivity index (χ0v) is 13.5. The number of anilines is 1. The molecule has 110 valence electrons. The average molecular weight is 341 g/mol. The molecule has 1 fully saturated rings. The topological polar surface area (TPSA) is 50.4 Å². The summed E-state index contributed by atoms with van der Waals surface area (Å²) in [5.74, 6) is 0.619. The summed E-state index contributed by atoms with van der Waals surface area (Å²) < 4.78 is 6.38. The van der Waals surface area contributed by atoms with Crippen molar-refractivity contribution in [3.63, 3.8) is 0 Å². The van der Waals surface area contributed by atoms with Gasteiger partial charge in [-0.3, -0.25) is 4.79 Å². The number of carbonyl (C=O) groups excluding carboxylic acids is 1. The van der Waals surface area contributed by atoms with Crippen molar-refractivity contribution in [2.75, 3.05) is 19.0 Å². The standard InChI is InChI=1S/C15H21BrN2O2/c1-10(19)18-15-12(9-11-5-3-4-8-17-11)13(16)6-7-14(15)20-2/h6-7,11,17H,3-5,8-9H2,1-2H3,(H,18,19). The minimum atomic E-state index is -0.0840. The molecule has 5 heteroatoms. The maximum atomic E-state index is 11.4. The van der Waals surface area contributed by atoms with Gasteiger partial charge >= 0.3 is 0 Å². The molecule has 0 bridgehead atoms. The summed E-state index contributed by atoms with van der Waals surface area (Å²) in [6.45, 7) is 2.59. The van der Waals surface area contributed by atoms with E-state index in [4.69, 9.17) is 4.74 Å². The molecular formula is C15H21BrN2O2. The van der Waals surface area contributed by atoms with Gasteiger partial charge < -0.3 is 15.4 Å². The van der Waals surface area contributed by atoms with Crippen LogP contribution in [0.4, 0.5) is 5.69 Å². The Kier molecular flexibility index (Phi) is 5.43. The zero-order chi connectivity index (χ0) is 14.5. The van der Waals surface area contributed by atoms with Crippen LogP contribution >= 0.6 is 15.9 Å². The molecule has 2 N–H and O–H groups in total. The molecule has 1 aliphatic rings. The van der Waals surface area contributed by atoms with Crippen LogP contribution in [0.15, 0.2) is 16.6 Å². The summed E-state index contributed by atoms with van der Waals surface area (Å²) in [5.41, 5.74) is 1.88. The predicted octanol–water partition coefficient (Wildman–Crippen LogP) is 3.10. The van der Waals surface area contributed by atoms with Gasteiger partial charge in [-0.2, -0.15) is 0 Å². The smallest absolute Gasteiger partial charge is 0.221 e. The lowest BCUT2D eigenvalue weighted by Gasteiger charge is -2.25. The lowest BCUT2D eigenvalue weighted by molar-refractivity contribution is -0.114. The number of piperidine rings is 1. The second kappa shape index (κ2) is 7.09. The van der Waals surface area contributed by atoms with E-state index in [9.17, 15) is 4.79 Å². The monoisotopic (exact) mass is 340 g/mol. The maximum absolute atomic E-state index is 11.4. The first-order valence-corrected chi connectivity index (χ1v) is 7.77. The van der Waals surface area contributed by atoms with E-state index in [1.807, 2.05) is 12.1 Å². The number of hydrogen-bond donors (Lipinski definition) is 2. The minimum Gasteiger partial charge on any atom is -0.495 e. The second-order valence-electron chi connectivity index (χ2n) is 5.14. The first-order valence-electron chi connectivity index (χ1n) is 6.98. The van der Waals surface area contributed by atoms with Gasteiger partial charge in [0.2, 0.25) is 5.91 Å². The summed E-state index contributed by atoms with van der Waals surface area (Å²) in [4.78, 5) is 11.4. The third kappa shape index (κ3) is 3.73. The maximum Gasteiger partial charge on any atom is 0.221 e. The van der Waals surface area contributed by atoms with Crippen LogP contribution in [-0.4, -0.2) is 25.6 Å². The van der Waals surface area contributed by atoms with Crippen molar-refractivity contribution in [1.82, 2.24) is 5.32 Å². The number of hydrogen-bond acceptors (Lipinski definition) is 3. The quantitative estimate of drug-likeness (QED) is 0.885. The highest BCUT2D eigenvalue weighted by Gasteiger charge is 2.19. The van der Waals surface area contributed by atoms with Crippen molar-refractivity contribution in [2.24, 2.45) is 0 Å². The van der Waals surface area contributed by atoms with Crippen LogP contribution in [0.5, 0.6) is 5.75 Å². The van der Waals surface area contributed by atoms with Crippen molar-refractivity contribution < 1.29 is 9.53 Å². The normalized spacial score (nSPS) is 18.6. The number of benzene rings is 1. The highest BCUT2D eigenvalue weighted by Crippen LogP contribution is 2.35. The first-order chi connectivity index (χ1) is 9.61. The molecule has 2 rings (SSSR count). The number of nitrogens with one attached hydrogen (secondary N) is 2. The molecule has 1 aromatic rings. The highest BCUT2D eigenvalue weighted by atomic mass is 79.9. The summed E-state index contributed by atoms with van der Waals surface area (Å²) >= 11 is 3.59. The van der Waals surface area contributed by atoms with Gasteiger partial charge in [0.25, 0.3) is 0 Å². The fraction of sp³-hybridized carbons (Fsp3) is 0.533. The van der Waals surface area contributed by atoms with E-state index in [1.165, 1.54) is 26.2 Å². The van der Waals surface area contributed by atoms with Crippen LogP contribution in [0.25, 0.3) is 0 Å². The van der Waals surface area contributed by atoms with E-state index in [-0.39, 0.29) is 5.91 Å². The number of amides is 1. The van der Waals surface area contributed by atoms with Crippen molar-refractivity contribution in [1.29, 1.82) is 0 Å². The molecule has 0 saturated carbocycles. The lowest BCUT2D eigenvalue weighted by Crippen LogP contribution is -2.35. The SMILES string of the molecule is COc1ccc(Br)c(CC2CCCCN2)c1NC(C)=O. The Morgan fingerprint density at radius 3 is 2.90 bits per heavy atom. The predicted molar refractivity (Wildman–Crippen MR) is 84.3 cm³/mol. The average Bonchev–Trinajstić information content (AvgIpc) is 2.44. The zero-order valence-electron chi connectivity index (χ0n) is 12.0. The fourth-order valence-corrected chi connectivity index (χ4v) is 3.12. The Hall–Kier alpha value is -1.07. The molecule has 20 heavy (non-hydrogen) atoms. The number of halogens is 1. The molecule has 1 heterocycles. The molecule has 1 unspecified atom stereocenters.